The fraction of sp³-hybridized carbons (Fsp3) is 0.348. The van der Waals surface area contributed by atoms with Gasteiger partial charge in [0.15, 0.2) is 11.0 Å². The second kappa shape index (κ2) is 10.1. The number of cyclic esters (lactones) is 1. The first kappa shape index (κ1) is 23.5. The maximum atomic E-state index is 13.1. The van der Waals surface area contributed by atoms with Gasteiger partial charge in [0.1, 0.15) is 5.25 Å². The number of aromatic nitrogens is 3. The molecule has 0 saturated carbocycles. The first-order valence-corrected chi connectivity index (χ1v) is 13.2. The third-order valence-corrected chi connectivity index (χ3v) is 8.74. The molecule has 1 aliphatic heterocycles. The van der Waals surface area contributed by atoms with Crippen molar-refractivity contribution in [2.45, 2.75) is 42.1 Å². The van der Waals surface area contributed by atoms with Crippen molar-refractivity contribution in [2.75, 3.05) is 19.7 Å². The lowest BCUT2D eigenvalue weighted by atomic mass is 10.2. The number of carbonyl (C=O) groups excluding carboxylic acids is 1. The van der Waals surface area contributed by atoms with Crippen LogP contribution >= 0.6 is 11.8 Å². The highest BCUT2D eigenvalue weighted by Gasteiger charge is 2.30. The smallest absolute Gasteiger partial charge is 0.319 e. The van der Waals surface area contributed by atoms with E-state index in [1.54, 1.807) is 18.2 Å². The summed E-state index contributed by atoms with van der Waals surface area (Å²) in [5, 5.41) is 9.01. The van der Waals surface area contributed by atoms with Crippen LogP contribution in [0.15, 0.2) is 64.6 Å². The third-order valence-electron chi connectivity index (χ3n) is 5.47. The Morgan fingerprint density at radius 1 is 1.09 bits per heavy atom. The molecule has 2 aromatic carbocycles. The topological polar surface area (TPSA) is 94.4 Å². The average Bonchev–Trinajstić information content (AvgIpc) is 3.41. The van der Waals surface area contributed by atoms with Gasteiger partial charge in [0.2, 0.25) is 10.0 Å². The van der Waals surface area contributed by atoms with Crippen molar-refractivity contribution in [3.8, 4) is 11.4 Å². The van der Waals surface area contributed by atoms with E-state index in [-0.39, 0.29) is 16.1 Å². The van der Waals surface area contributed by atoms with Crippen LogP contribution in [0.25, 0.3) is 11.4 Å². The first-order valence-electron chi connectivity index (χ1n) is 10.8. The second-order valence-electron chi connectivity index (χ2n) is 7.56. The summed E-state index contributed by atoms with van der Waals surface area (Å²) in [5.74, 6) is 0.299. The zero-order chi connectivity index (χ0) is 23.4. The Morgan fingerprint density at radius 3 is 2.52 bits per heavy atom. The van der Waals surface area contributed by atoms with Gasteiger partial charge in [-0.3, -0.25) is 9.36 Å². The van der Waals surface area contributed by atoms with Gasteiger partial charge in [0.25, 0.3) is 0 Å². The molecule has 0 bridgehead atoms. The average molecular weight is 487 g/mol. The molecule has 8 nitrogen and oxygen atoms in total. The fourth-order valence-corrected chi connectivity index (χ4v) is 6.22. The SMILES string of the molecule is CCN(CC)S(=O)(=O)c1cccc(-c2nnc(SC3CCOC3=O)n2Cc2ccccc2)c1. The minimum Gasteiger partial charge on any atom is -0.465 e. The Hall–Kier alpha value is -2.69. The lowest BCUT2D eigenvalue weighted by molar-refractivity contribution is -0.137. The number of hydrogen-bond acceptors (Lipinski definition) is 7. The molecule has 0 spiro atoms. The fourth-order valence-electron chi connectivity index (χ4n) is 3.72. The highest BCUT2D eigenvalue weighted by atomic mass is 32.2. The molecule has 3 aromatic rings. The number of sulfonamides is 1. The van der Waals surface area contributed by atoms with Crippen LogP contribution in [0.1, 0.15) is 25.8 Å². The molecule has 1 fully saturated rings. The van der Waals surface area contributed by atoms with E-state index < -0.39 is 10.0 Å². The van der Waals surface area contributed by atoms with Gasteiger partial charge in [0, 0.05) is 25.1 Å². The maximum Gasteiger partial charge on any atom is 0.319 e. The zero-order valence-electron chi connectivity index (χ0n) is 18.5. The van der Waals surface area contributed by atoms with Gasteiger partial charge in [-0.25, -0.2) is 8.42 Å². The quantitative estimate of drug-likeness (QED) is 0.428. The Balaban J connectivity index is 1.75. The number of thioether (sulfide) groups is 1. The number of nitrogens with zero attached hydrogens (tertiary/aromatic N) is 4. The molecule has 174 valence electrons. The van der Waals surface area contributed by atoms with Crippen molar-refractivity contribution in [2.24, 2.45) is 0 Å². The predicted molar refractivity (Wildman–Crippen MR) is 126 cm³/mol. The monoisotopic (exact) mass is 486 g/mol. The van der Waals surface area contributed by atoms with Gasteiger partial charge in [-0.1, -0.05) is 68.1 Å². The lowest BCUT2D eigenvalue weighted by Gasteiger charge is -2.19. The van der Waals surface area contributed by atoms with Gasteiger partial charge in [-0.05, 0) is 17.7 Å². The van der Waals surface area contributed by atoms with Crippen molar-refractivity contribution < 1.29 is 17.9 Å². The first-order chi connectivity index (χ1) is 15.9. The molecular formula is C23H26N4O4S2. The van der Waals surface area contributed by atoms with E-state index in [1.807, 2.05) is 54.8 Å². The van der Waals surface area contributed by atoms with E-state index in [2.05, 4.69) is 10.2 Å². The summed E-state index contributed by atoms with van der Waals surface area (Å²) in [6, 6.07) is 16.6. The van der Waals surface area contributed by atoms with Crippen LogP contribution in [0, 0.1) is 0 Å². The Labute approximate surface area is 198 Å². The van der Waals surface area contributed by atoms with Crippen LogP contribution in [-0.4, -0.2) is 58.4 Å². The second-order valence-corrected chi connectivity index (χ2v) is 10.7. The van der Waals surface area contributed by atoms with Crippen LogP contribution in [-0.2, 0) is 26.1 Å². The Bertz CT molecular complexity index is 1220. The van der Waals surface area contributed by atoms with Gasteiger partial charge in [0.05, 0.1) is 18.0 Å². The van der Waals surface area contributed by atoms with Crippen molar-refractivity contribution in [3.05, 3.63) is 60.2 Å². The highest BCUT2D eigenvalue weighted by Crippen LogP contribution is 2.32. The van der Waals surface area contributed by atoms with E-state index >= 15 is 0 Å². The Kier molecular flexibility index (Phi) is 7.16. The number of hydrogen-bond donors (Lipinski definition) is 0. The van der Waals surface area contributed by atoms with Gasteiger partial charge >= 0.3 is 5.97 Å². The summed E-state index contributed by atoms with van der Waals surface area (Å²) in [6.45, 7) is 5.32. The molecule has 1 unspecified atom stereocenters. The number of carbonyl (C=O) groups is 1. The molecule has 4 rings (SSSR count). The predicted octanol–water partition coefficient (Wildman–Crippen LogP) is 3.43. The maximum absolute atomic E-state index is 13.1. The zero-order valence-corrected chi connectivity index (χ0v) is 20.2. The number of ether oxygens (including phenoxy) is 1. The molecule has 0 radical (unpaired) electrons. The molecule has 0 amide bonds. The summed E-state index contributed by atoms with van der Waals surface area (Å²) in [6.07, 6.45) is 0.620. The molecule has 33 heavy (non-hydrogen) atoms. The normalized spacial score (nSPS) is 16.3. The number of rotatable bonds is 9. The lowest BCUT2D eigenvalue weighted by Crippen LogP contribution is -2.30. The van der Waals surface area contributed by atoms with Crippen molar-refractivity contribution >= 4 is 27.8 Å². The van der Waals surface area contributed by atoms with Crippen LogP contribution in [0.3, 0.4) is 0 Å². The molecule has 0 aliphatic carbocycles. The van der Waals surface area contributed by atoms with Gasteiger partial charge in [-0.2, -0.15) is 4.31 Å². The molecule has 1 aromatic heterocycles. The van der Waals surface area contributed by atoms with Crippen LogP contribution < -0.4 is 0 Å². The molecule has 1 atom stereocenters. The third kappa shape index (κ3) is 4.97. The molecule has 10 heteroatoms. The van der Waals surface area contributed by atoms with E-state index in [0.717, 1.165) is 5.56 Å². The molecule has 0 N–H and O–H groups in total. The summed E-state index contributed by atoms with van der Waals surface area (Å²) in [5.41, 5.74) is 1.69. The molecular weight excluding hydrogens is 460 g/mol. The summed E-state index contributed by atoms with van der Waals surface area (Å²) < 4.78 is 34.6. The van der Waals surface area contributed by atoms with Crippen molar-refractivity contribution in [3.63, 3.8) is 0 Å². The number of esters is 1. The van der Waals surface area contributed by atoms with Crippen LogP contribution in [0.4, 0.5) is 0 Å². The standard InChI is InChI=1S/C23H26N4O4S2/c1-3-26(4-2)33(29,30)19-12-8-11-18(15-19)21-24-25-23(32-20-13-14-31-22(20)28)27(21)16-17-9-6-5-7-10-17/h5-12,15,20H,3-4,13-14,16H2,1-2H3. The summed E-state index contributed by atoms with van der Waals surface area (Å²) in [7, 11) is -3.61. The van der Waals surface area contributed by atoms with Gasteiger partial charge < -0.3 is 4.74 Å². The Morgan fingerprint density at radius 2 is 1.85 bits per heavy atom. The molecule has 1 saturated heterocycles. The highest BCUT2D eigenvalue weighted by molar-refractivity contribution is 8.00. The minimum atomic E-state index is -3.61. The van der Waals surface area contributed by atoms with E-state index in [9.17, 15) is 13.2 Å². The molecule has 2 heterocycles. The number of benzene rings is 2. The summed E-state index contributed by atoms with van der Waals surface area (Å²) >= 11 is 1.33. The van der Waals surface area contributed by atoms with Crippen LogP contribution in [0.5, 0.6) is 0 Å². The van der Waals surface area contributed by atoms with E-state index in [0.29, 0.717) is 49.2 Å². The molecule has 1 aliphatic rings. The van der Waals surface area contributed by atoms with Crippen LogP contribution in [0.2, 0.25) is 0 Å². The van der Waals surface area contributed by atoms with Crippen molar-refractivity contribution in [1.29, 1.82) is 0 Å². The minimum absolute atomic E-state index is 0.214. The van der Waals surface area contributed by atoms with Crippen molar-refractivity contribution in [1.82, 2.24) is 19.1 Å². The summed E-state index contributed by atoms with van der Waals surface area (Å²) in [4.78, 5) is 12.2. The van der Waals surface area contributed by atoms with E-state index in [1.165, 1.54) is 16.1 Å². The van der Waals surface area contributed by atoms with Gasteiger partial charge in [-0.15, -0.1) is 10.2 Å². The largest absolute Gasteiger partial charge is 0.465 e. The van der Waals surface area contributed by atoms with E-state index in [4.69, 9.17) is 4.74 Å².